The lowest BCUT2D eigenvalue weighted by Crippen LogP contribution is -2.18. The van der Waals surface area contributed by atoms with E-state index in [9.17, 15) is 19.8 Å². The van der Waals surface area contributed by atoms with Gasteiger partial charge in [0.2, 0.25) is 0 Å². The highest BCUT2D eigenvalue weighted by Crippen LogP contribution is 2.33. The van der Waals surface area contributed by atoms with E-state index in [1.165, 1.54) is 19.3 Å². The molecule has 0 bridgehead atoms. The number of ketones is 1. The summed E-state index contributed by atoms with van der Waals surface area (Å²) in [6, 6.07) is 0. The molecule has 0 aromatic carbocycles. The zero-order valence-electron chi connectivity index (χ0n) is 19.1. The van der Waals surface area contributed by atoms with Crippen LogP contribution in [-0.2, 0) is 14.3 Å². The third-order valence-corrected chi connectivity index (χ3v) is 5.57. The Morgan fingerprint density at radius 2 is 1.90 bits per heavy atom. The number of aliphatic hydroxyl groups is 2. The Labute approximate surface area is 182 Å². The first-order chi connectivity index (χ1) is 14.3. The molecule has 4 atom stereocenters. The van der Waals surface area contributed by atoms with Gasteiger partial charge in [-0.25, -0.2) is 0 Å². The lowest BCUT2D eigenvalue weighted by atomic mass is 9.90. The van der Waals surface area contributed by atoms with E-state index in [1.807, 2.05) is 32.1 Å². The van der Waals surface area contributed by atoms with Gasteiger partial charge >= 0.3 is 5.97 Å². The molecule has 0 radical (unpaired) electrons. The Balaban J connectivity index is 2.38. The van der Waals surface area contributed by atoms with Crippen LogP contribution < -0.4 is 0 Å². The van der Waals surface area contributed by atoms with Crippen LogP contribution in [0.15, 0.2) is 24.3 Å². The van der Waals surface area contributed by atoms with E-state index in [0.29, 0.717) is 12.8 Å². The van der Waals surface area contributed by atoms with Crippen molar-refractivity contribution in [3.05, 3.63) is 24.3 Å². The van der Waals surface area contributed by atoms with Gasteiger partial charge in [0.05, 0.1) is 18.3 Å². The first-order valence-electron chi connectivity index (χ1n) is 11.8. The molecule has 1 fully saturated rings. The number of rotatable bonds is 15. The summed E-state index contributed by atoms with van der Waals surface area (Å²) in [7, 11) is 0. The molecule has 1 aliphatic carbocycles. The fourth-order valence-corrected chi connectivity index (χ4v) is 3.88. The topological polar surface area (TPSA) is 83.8 Å². The first-order valence-corrected chi connectivity index (χ1v) is 11.8. The molecule has 2 N–H and O–H groups in total. The quantitative estimate of drug-likeness (QED) is 0.223. The molecule has 1 rings (SSSR count). The van der Waals surface area contributed by atoms with E-state index in [1.54, 1.807) is 6.08 Å². The van der Waals surface area contributed by atoms with Crippen molar-refractivity contribution in [1.82, 2.24) is 0 Å². The molecule has 0 saturated heterocycles. The van der Waals surface area contributed by atoms with Crippen LogP contribution in [0.5, 0.6) is 0 Å². The van der Waals surface area contributed by atoms with Crippen LogP contribution in [-0.4, -0.2) is 40.3 Å². The molecule has 0 aromatic heterocycles. The molecule has 0 spiro atoms. The number of allylic oxidation sites excluding steroid dienone is 2. The molecule has 5 nitrogen and oxygen atoms in total. The summed E-state index contributed by atoms with van der Waals surface area (Å²) in [6.07, 6.45) is 15.4. The minimum absolute atomic E-state index is 0.0800. The van der Waals surface area contributed by atoms with Gasteiger partial charge in [-0.3, -0.25) is 9.59 Å². The van der Waals surface area contributed by atoms with E-state index >= 15 is 0 Å². The summed E-state index contributed by atoms with van der Waals surface area (Å²) >= 11 is 0. The van der Waals surface area contributed by atoms with Gasteiger partial charge in [-0.2, -0.15) is 0 Å². The predicted molar refractivity (Wildman–Crippen MR) is 120 cm³/mol. The van der Waals surface area contributed by atoms with Crippen molar-refractivity contribution in [3.8, 4) is 0 Å². The van der Waals surface area contributed by atoms with Gasteiger partial charge in [0.1, 0.15) is 5.78 Å². The van der Waals surface area contributed by atoms with Gasteiger partial charge in [-0.1, -0.05) is 63.3 Å². The van der Waals surface area contributed by atoms with Gasteiger partial charge in [0.15, 0.2) is 0 Å². The lowest BCUT2D eigenvalue weighted by Gasteiger charge is -2.16. The van der Waals surface area contributed by atoms with Crippen LogP contribution in [0.1, 0.15) is 91.4 Å². The van der Waals surface area contributed by atoms with Crippen molar-refractivity contribution in [2.24, 2.45) is 11.8 Å². The highest BCUT2D eigenvalue weighted by Gasteiger charge is 2.39. The Morgan fingerprint density at radius 1 is 1.17 bits per heavy atom. The van der Waals surface area contributed by atoms with Crippen molar-refractivity contribution in [1.29, 1.82) is 0 Å². The molecule has 0 aromatic rings. The minimum atomic E-state index is -0.672. The van der Waals surface area contributed by atoms with Crippen LogP contribution in [0, 0.1) is 11.8 Å². The first kappa shape index (κ1) is 26.6. The van der Waals surface area contributed by atoms with Crippen molar-refractivity contribution < 1.29 is 24.5 Å². The highest BCUT2D eigenvalue weighted by atomic mass is 16.5. The summed E-state index contributed by atoms with van der Waals surface area (Å²) in [4.78, 5) is 23.8. The molecule has 1 saturated carbocycles. The van der Waals surface area contributed by atoms with Gasteiger partial charge in [0, 0.05) is 24.7 Å². The lowest BCUT2D eigenvalue weighted by molar-refractivity contribution is -0.147. The number of carbonyl (C=O) groups excluding carboxylic acids is 2. The second-order valence-corrected chi connectivity index (χ2v) is 8.71. The molecule has 0 heterocycles. The van der Waals surface area contributed by atoms with Gasteiger partial charge < -0.3 is 14.9 Å². The summed E-state index contributed by atoms with van der Waals surface area (Å²) in [5.41, 5.74) is 0. The normalized spacial score (nSPS) is 23.1. The summed E-state index contributed by atoms with van der Waals surface area (Å²) in [5, 5.41) is 20.4. The van der Waals surface area contributed by atoms with E-state index in [0.717, 1.165) is 32.1 Å². The number of unbranched alkanes of at least 4 members (excludes halogenated alkanes) is 5. The fourth-order valence-electron chi connectivity index (χ4n) is 3.88. The Bertz CT molecular complexity index is 552. The highest BCUT2D eigenvalue weighted by molar-refractivity contribution is 5.84. The van der Waals surface area contributed by atoms with Crippen molar-refractivity contribution in [3.63, 3.8) is 0 Å². The molecule has 172 valence electrons. The molecular weight excluding hydrogens is 380 g/mol. The number of hydrogen-bond donors (Lipinski definition) is 2. The maximum absolute atomic E-state index is 12.3. The molecule has 4 unspecified atom stereocenters. The van der Waals surface area contributed by atoms with Crippen LogP contribution in [0.3, 0.4) is 0 Å². The Hall–Kier alpha value is -1.46. The monoisotopic (exact) mass is 422 g/mol. The van der Waals surface area contributed by atoms with E-state index in [-0.39, 0.29) is 36.1 Å². The number of esters is 1. The fraction of sp³-hybridized carbons (Fsp3) is 0.760. The Morgan fingerprint density at radius 3 is 2.60 bits per heavy atom. The maximum Gasteiger partial charge on any atom is 0.306 e. The number of Topliss-reactive ketones (excluding diaryl/α,β-unsaturated/α-hetero) is 1. The molecule has 0 aliphatic heterocycles. The third-order valence-electron chi connectivity index (χ3n) is 5.57. The minimum Gasteiger partial charge on any atom is -0.463 e. The van der Waals surface area contributed by atoms with E-state index in [2.05, 4.69) is 6.92 Å². The molecule has 5 heteroatoms. The zero-order chi connectivity index (χ0) is 22.4. The van der Waals surface area contributed by atoms with E-state index < -0.39 is 12.2 Å². The average molecular weight is 423 g/mol. The molecule has 0 amide bonds. The van der Waals surface area contributed by atoms with Crippen molar-refractivity contribution >= 4 is 11.8 Å². The van der Waals surface area contributed by atoms with Crippen LogP contribution in [0.2, 0.25) is 0 Å². The second-order valence-electron chi connectivity index (χ2n) is 8.71. The third kappa shape index (κ3) is 11.1. The van der Waals surface area contributed by atoms with Gasteiger partial charge in [-0.15, -0.1) is 0 Å². The molecule has 1 aliphatic rings. The summed E-state index contributed by atoms with van der Waals surface area (Å²) in [6.45, 7) is 5.85. The standard InChI is InChI=1S/C25H42O5/c1-4-5-6-7-10-13-20(26)16-17-22-21(23(27)18-24(22)28)14-11-8-9-12-15-25(29)30-19(2)3/h8,11,16-17,19-22,24,26,28H,4-7,9-10,12-15,18H2,1-3H3/b11-8+,17-16+. The summed E-state index contributed by atoms with van der Waals surface area (Å²) in [5.74, 6) is -0.578. The number of carbonyl (C=O) groups is 2. The number of hydrogen-bond acceptors (Lipinski definition) is 5. The largest absolute Gasteiger partial charge is 0.463 e. The van der Waals surface area contributed by atoms with E-state index in [4.69, 9.17) is 4.74 Å². The van der Waals surface area contributed by atoms with Crippen molar-refractivity contribution in [2.75, 3.05) is 0 Å². The average Bonchev–Trinajstić information content (AvgIpc) is 2.94. The molecule has 30 heavy (non-hydrogen) atoms. The number of aliphatic hydroxyl groups excluding tert-OH is 2. The maximum atomic E-state index is 12.3. The van der Waals surface area contributed by atoms with Gasteiger partial charge in [-0.05, 0) is 39.5 Å². The van der Waals surface area contributed by atoms with Crippen LogP contribution in [0.25, 0.3) is 0 Å². The SMILES string of the molecule is CCCCCCCC(O)/C=C/C1C(O)CC(=O)C1C/C=C/CCCC(=O)OC(C)C. The molecular formula is C25H42O5. The summed E-state index contributed by atoms with van der Waals surface area (Å²) < 4.78 is 5.10. The van der Waals surface area contributed by atoms with Gasteiger partial charge in [0.25, 0.3) is 0 Å². The Kier molecular flexibility index (Phi) is 13.6. The smallest absolute Gasteiger partial charge is 0.306 e. The van der Waals surface area contributed by atoms with Crippen molar-refractivity contribution in [2.45, 2.75) is 110 Å². The second kappa shape index (κ2) is 15.4. The van der Waals surface area contributed by atoms with Crippen LogP contribution in [0.4, 0.5) is 0 Å². The predicted octanol–water partition coefficient (Wildman–Crippen LogP) is 4.90. The zero-order valence-corrected chi connectivity index (χ0v) is 19.1. The van der Waals surface area contributed by atoms with Crippen LogP contribution >= 0.6 is 0 Å². The number of ether oxygens (including phenoxy) is 1.